The van der Waals surface area contributed by atoms with Crippen molar-refractivity contribution in [2.45, 2.75) is 13.8 Å². The Hall–Kier alpha value is -4.14. The van der Waals surface area contributed by atoms with Crippen LogP contribution < -0.4 is 10.1 Å². The second kappa shape index (κ2) is 9.78. The van der Waals surface area contributed by atoms with Crippen molar-refractivity contribution < 1.29 is 19.3 Å². The van der Waals surface area contributed by atoms with Gasteiger partial charge in [0.15, 0.2) is 11.6 Å². The third-order valence-electron chi connectivity index (χ3n) is 5.42. The highest BCUT2D eigenvalue weighted by molar-refractivity contribution is 5.96. The molecule has 4 rings (SSSR count). The number of ketones is 2. The molecule has 0 radical (unpaired) electrons. The Morgan fingerprint density at radius 2 is 1.21 bits per heavy atom. The number of nitrogens with zero attached hydrogens (tertiary/aromatic N) is 4. The fourth-order valence-corrected chi connectivity index (χ4v) is 3.68. The topological polar surface area (TPSA) is 84.9 Å². The number of carbonyl (C=O) groups excluding carboxylic acids is 2. The van der Waals surface area contributed by atoms with Crippen LogP contribution in [-0.4, -0.2) is 35.8 Å². The minimum Gasteiger partial charge on any atom is -0.295 e. The summed E-state index contributed by atoms with van der Waals surface area (Å²) < 4.78 is 0. The number of benzene rings is 3. The SMILES string of the molecule is CON(c1ccc(C(C)=O)cc1)c1cc2cncnc2cc1N(OC)c1ccc(C(C)=O)cc1. The first-order chi connectivity index (χ1) is 16.4. The highest BCUT2D eigenvalue weighted by Gasteiger charge is 2.22. The van der Waals surface area contributed by atoms with Crippen molar-refractivity contribution in [2.75, 3.05) is 24.3 Å². The lowest BCUT2D eigenvalue weighted by atomic mass is 10.1. The molecular formula is C26H24N4O4. The summed E-state index contributed by atoms with van der Waals surface area (Å²) in [6, 6.07) is 18.0. The summed E-state index contributed by atoms with van der Waals surface area (Å²) in [5, 5.41) is 4.09. The van der Waals surface area contributed by atoms with Crippen LogP contribution in [0.15, 0.2) is 73.2 Å². The average molecular weight is 457 g/mol. The van der Waals surface area contributed by atoms with Crippen molar-refractivity contribution in [2.24, 2.45) is 0 Å². The molecule has 0 spiro atoms. The lowest BCUT2D eigenvalue weighted by Crippen LogP contribution is -2.22. The lowest BCUT2D eigenvalue weighted by molar-refractivity contribution is 0.100. The van der Waals surface area contributed by atoms with Gasteiger partial charge < -0.3 is 0 Å². The average Bonchev–Trinajstić information content (AvgIpc) is 2.85. The highest BCUT2D eigenvalue weighted by atomic mass is 16.7. The van der Waals surface area contributed by atoms with Crippen molar-refractivity contribution in [1.82, 2.24) is 9.97 Å². The van der Waals surface area contributed by atoms with Crippen LogP contribution >= 0.6 is 0 Å². The zero-order chi connectivity index (χ0) is 24.2. The normalized spacial score (nSPS) is 10.8. The van der Waals surface area contributed by atoms with Crippen molar-refractivity contribution in [1.29, 1.82) is 0 Å². The van der Waals surface area contributed by atoms with Gasteiger partial charge in [0.1, 0.15) is 6.33 Å². The molecule has 8 heteroatoms. The summed E-state index contributed by atoms with van der Waals surface area (Å²) in [4.78, 5) is 43.5. The highest BCUT2D eigenvalue weighted by Crippen LogP contribution is 2.40. The van der Waals surface area contributed by atoms with Crippen molar-refractivity contribution >= 4 is 45.2 Å². The fraction of sp³-hybridized carbons (Fsp3) is 0.154. The minimum absolute atomic E-state index is 0.0152. The number of aromatic nitrogens is 2. The summed E-state index contributed by atoms with van der Waals surface area (Å²) in [7, 11) is 3.12. The van der Waals surface area contributed by atoms with Crippen LogP contribution in [0.25, 0.3) is 10.9 Å². The van der Waals surface area contributed by atoms with Gasteiger partial charge in [-0.05, 0) is 74.5 Å². The molecule has 172 valence electrons. The third kappa shape index (κ3) is 4.50. The maximum absolute atomic E-state index is 11.7. The van der Waals surface area contributed by atoms with Gasteiger partial charge in [-0.2, -0.15) is 0 Å². The zero-order valence-corrected chi connectivity index (χ0v) is 19.4. The van der Waals surface area contributed by atoms with E-state index in [2.05, 4.69) is 9.97 Å². The summed E-state index contributed by atoms with van der Waals surface area (Å²) in [5.41, 5.74) is 4.68. The van der Waals surface area contributed by atoms with Crippen molar-refractivity contribution in [3.05, 3.63) is 84.3 Å². The summed E-state index contributed by atoms with van der Waals surface area (Å²) in [5.74, 6) is -0.0307. The molecule has 0 bridgehead atoms. The fourth-order valence-electron chi connectivity index (χ4n) is 3.68. The molecule has 8 nitrogen and oxygen atoms in total. The predicted octanol–water partition coefficient (Wildman–Crippen LogP) is 5.43. The molecule has 0 aliphatic carbocycles. The second-order valence-corrected chi connectivity index (χ2v) is 7.58. The molecule has 0 saturated heterocycles. The van der Waals surface area contributed by atoms with Crippen molar-refractivity contribution in [3.8, 4) is 0 Å². The molecule has 1 heterocycles. The number of fused-ring (bicyclic) bond motifs is 1. The number of hydrogen-bond donors (Lipinski definition) is 0. The maximum Gasteiger partial charge on any atom is 0.159 e. The molecule has 4 aromatic rings. The van der Waals surface area contributed by atoms with Gasteiger partial charge in [-0.15, -0.1) is 0 Å². The largest absolute Gasteiger partial charge is 0.295 e. The van der Waals surface area contributed by atoms with Crippen LogP contribution in [0, 0.1) is 0 Å². The van der Waals surface area contributed by atoms with E-state index < -0.39 is 0 Å². The summed E-state index contributed by atoms with van der Waals surface area (Å²) in [6.07, 6.45) is 3.21. The zero-order valence-electron chi connectivity index (χ0n) is 19.4. The van der Waals surface area contributed by atoms with Crippen LogP contribution in [0.4, 0.5) is 22.7 Å². The Morgan fingerprint density at radius 1 is 0.735 bits per heavy atom. The first-order valence-corrected chi connectivity index (χ1v) is 10.6. The Kier molecular flexibility index (Phi) is 6.62. The molecule has 0 unspecified atom stereocenters. The molecule has 0 N–H and O–H groups in total. The molecule has 34 heavy (non-hydrogen) atoms. The minimum atomic E-state index is -0.0156. The second-order valence-electron chi connectivity index (χ2n) is 7.58. The summed E-state index contributed by atoms with van der Waals surface area (Å²) >= 11 is 0. The van der Waals surface area contributed by atoms with E-state index in [1.807, 2.05) is 36.4 Å². The van der Waals surface area contributed by atoms with Crippen LogP contribution in [-0.2, 0) is 9.68 Å². The standard InChI is InChI=1S/C26H24N4O4/c1-17(31)19-5-9-22(10-6-19)29(33-3)25-13-21-15-27-16-28-24(21)14-26(25)30(34-4)23-11-7-20(8-12-23)18(2)32/h5-16H,1-4H3. The number of hydrogen-bond acceptors (Lipinski definition) is 8. The van der Waals surface area contributed by atoms with Gasteiger partial charge in [-0.3, -0.25) is 19.3 Å². The molecular weight excluding hydrogens is 432 g/mol. The molecule has 0 aliphatic rings. The smallest absolute Gasteiger partial charge is 0.159 e. The van der Waals surface area contributed by atoms with Crippen molar-refractivity contribution in [3.63, 3.8) is 0 Å². The Bertz CT molecular complexity index is 1230. The van der Waals surface area contributed by atoms with E-state index in [-0.39, 0.29) is 11.6 Å². The molecule has 0 aliphatic heterocycles. The summed E-state index contributed by atoms with van der Waals surface area (Å²) in [6.45, 7) is 3.05. The number of rotatable bonds is 8. The monoisotopic (exact) mass is 456 g/mol. The van der Waals surface area contributed by atoms with Gasteiger partial charge in [0, 0.05) is 22.7 Å². The van der Waals surface area contributed by atoms with Gasteiger partial charge in [0.25, 0.3) is 0 Å². The van der Waals surface area contributed by atoms with E-state index >= 15 is 0 Å². The van der Waals surface area contributed by atoms with Gasteiger partial charge >= 0.3 is 0 Å². The van der Waals surface area contributed by atoms with Crippen LogP contribution in [0.1, 0.15) is 34.6 Å². The first-order valence-electron chi connectivity index (χ1n) is 10.6. The third-order valence-corrected chi connectivity index (χ3v) is 5.42. The molecule has 3 aromatic carbocycles. The molecule has 0 atom stereocenters. The van der Waals surface area contributed by atoms with Gasteiger partial charge in [-0.1, -0.05) is 0 Å². The molecule has 1 aromatic heterocycles. The van der Waals surface area contributed by atoms with Gasteiger partial charge in [0.05, 0.1) is 42.5 Å². The van der Waals surface area contributed by atoms with Gasteiger partial charge in [0.2, 0.25) is 0 Å². The number of anilines is 4. The Morgan fingerprint density at radius 3 is 1.65 bits per heavy atom. The first kappa shape index (κ1) is 23.0. The maximum atomic E-state index is 11.7. The van der Waals surface area contributed by atoms with E-state index in [1.165, 1.54) is 20.2 Å². The Labute approximate surface area is 197 Å². The van der Waals surface area contributed by atoms with Gasteiger partial charge in [-0.25, -0.2) is 20.1 Å². The number of carbonyl (C=O) groups is 2. The van der Waals surface area contributed by atoms with E-state index in [0.29, 0.717) is 33.9 Å². The van der Waals surface area contributed by atoms with Crippen LogP contribution in [0.2, 0.25) is 0 Å². The van der Waals surface area contributed by atoms with E-state index in [0.717, 1.165) is 10.9 Å². The van der Waals surface area contributed by atoms with E-state index in [4.69, 9.17) is 9.68 Å². The Balaban J connectivity index is 1.87. The van der Waals surface area contributed by atoms with E-state index in [9.17, 15) is 9.59 Å². The van der Waals surface area contributed by atoms with Crippen LogP contribution in [0.3, 0.4) is 0 Å². The number of Topliss-reactive ketones (excluding diaryl/α,β-unsaturated/α-hetero) is 2. The van der Waals surface area contributed by atoms with Crippen LogP contribution in [0.5, 0.6) is 0 Å². The molecule has 0 fully saturated rings. The molecule has 0 saturated carbocycles. The quantitative estimate of drug-likeness (QED) is 0.256. The lowest BCUT2D eigenvalue weighted by Gasteiger charge is -2.30. The predicted molar refractivity (Wildman–Crippen MR) is 131 cm³/mol. The molecule has 0 amide bonds. The van der Waals surface area contributed by atoms with E-state index in [1.54, 1.807) is 54.8 Å².